The minimum absolute atomic E-state index is 0.0793. The van der Waals surface area contributed by atoms with Crippen molar-refractivity contribution in [1.29, 1.82) is 0 Å². The Hall–Kier alpha value is -1.44. The second-order valence-electron chi connectivity index (χ2n) is 4.34. The Morgan fingerprint density at radius 3 is 2.48 bits per heavy atom. The highest BCUT2D eigenvalue weighted by Gasteiger charge is 2.18. The third-order valence-corrected chi connectivity index (χ3v) is 4.79. The van der Waals surface area contributed by atoms with E-state index in [0.29, 0.717) is 18.0 Å². The molecule has 0 amide bonds. The molecule has 7 heteroatoms. The lowest BCUT2D eigenvalue weighted by Gasteiger charge is -2.06. The molecule has 114 valence electrons. The maximum Gasteiger partial charge on any atom is 0.295 e. The van der Waals surface area contributed by atoms with E-state index in [1.54, 1.807) is 30.0 Å². The molecule has 2 rings (SSSR count). The van der Waals surface area contributed by atoms with E-state index in [2.05, 4.69) is 10.0 Å². The number of thioether (sulfide) groups is 1. The fraction of sp³-hybridized carbons (Fsp3) is 0.286. The van der Waals surface area contributed by atoms with Gasteiger partial charge in [-0.2, -0.15) is 8.42 Å². The van der Waals surface area contributed by atoms with Gasteiger partial charge in [-0.15, -0.1) is 11.8 Å². The normalized spacial score (nSPS) is 11.5. The number of rotatable bonds is 7. The summed E-state index contributed by atoms with van der Waals surface area (Å²) < 4.78 is 32.3. The van der Waals surface area contributed by atoms with Crippen molar-refractivity contribution >= 4 is 27.5 Å². The first kappa shape index (κ1) is 15.9. The molecule has 21 heavy (non-hydrogen) atoms. The van der Waals surface area contributed by atoms with E-state index in [1.165, 1.54) is 6.07 Å². The van der Waals surface area contributed by atoms with E-state index in [4.69, 9.17) is 4.42 Å². The highest BCUT2D eigenvalue weighted by atomic mass is 32.2. The summed E-state index contributed by atoms with van der Waals surface area (Å²) in [6.45, 7) is 3.28. The van der Waals surface area contributed by atoms with Crippen LogP contribution in [0.2, 0.25) is 0 Å². The Labute approximate surface area is 129 Å². The highest BCUT2D eigenvalue weighted by molar-refractivity contribution is 7.98. The Balaban J connectivity index is 2.11. The lowest BCUT2D eigenvalue weighted by Crippen LogP contribution is -2.13. The first-order valence-electron chi connectivity index (χ1n) is 6.51. The van der Waals surface area contributed by atoms with Gasteiger partial charge < -0.3 is 9.73 Å². The number of benzene rings is 1. The molecule has 0 fully saturated rings. The molecule has 0 spiro atoms. The van der Waals surface area contributed by atoms with Crippen LogP contribution in [0.5, 0.6) is 0 Å². The Morgan fingerprint density at radius 2 is 1.86 bits per heavy atom. The average Bonchev–Trinajstić information content (AvgIpc) is 2.95. The van der Waals surface area contributed by atoms with Gasteiger partial charge in [-0.3, -0.25) is 4.72 Å². The summed E-state index contributed by atoms with van der Waals surface area (Å²) >= 11 is 1.60. The van der Waals surface area contributed by atoms with Gasteiger partial charge in [0, 0.05) is 10.6 Å². The molecule has 0 radical (unpaired) electrons. The van der Waals surface area contributed by atoms with E-state index in [1.807, 2.05) is 25.3 Å². The fourth-order valence-electron chi connectivity index (χ4n) is 1.71. The summed E-state index contributed by atoms with van der Waals surface area (Å²) in [7, 11) is -3.69. The van der Waals surface area contributed by atoms with Gasteiger partial charge in [-0.05, 0) is 49.2 Å². The van der Waals surface area contributed by atoms with Gasteiger partial charge >= 0.3 is 0 Å². The van der Waals surface area contributed by atoms with Crippen LogP contribution in [0.3, 0.4) is 0 Å². The smallest absolute Gasteiger partial charge is 0.295 e. The van der Waals surface area contributed by atoms with Gasteiger partial charge in [0.2, 0.25) is 5.09 Å². The van der Waals surface area contributed by atoms with Crippen molar-refractivity contribution in [3.63, 3.8) is 0 Å². The molecule has 0 atom stereocenters. The zero-order valence-electron chi connectivity index (χ0n) is 11.9. The molecule has 1 aromatic carbocycles. The summed E-state index contributed by atoms with van der Waals surface area (Å²) in [5.74, 6) is 0.593. The first-order chi connectivity index (χ1) is 10.0. The summed E-state index contributed by atoms with van der Waals surface area (Å²) in [5.41, 5.74) is 0.512. The number of hydrogen-bond donors (Lipinski definition) is 2. The molecule has 0 saturated heterocycles. The number of furan rings is 1. The summed E-state index contributed by atoms with van der Waals surface area (Å²) in [6, 6.07) is 10.3. The molecule has 0 bridgehead atoms. The van der Waals surface area contributed by atoms with Gasteiger partial charge in [-0.1, -0.05) is 6.92 Å². The average molecular weight is 326 g/mol. The third kappa shape index (κ3) is 4.26. The van der Waals surface area contributed by atoms with Crippen molar-refractivity contribution in [3.8, 4) is 0 Å². The number of hydrogen-bond acceptors (Lipinski definition) is 5. The lowest BCUT2D eigenvalue weighted by molar-refractivity contribution is 0.405. The predicted octanol–water partition coefficient (Wildman–Crippen LogP) is 2.91. The minimum Gasteiger partial charge on any atom is -0.446 e. The number of sulfonamides is 1. The molecular weight excluding hydrogens is 308 g/mol. The van der Waals surface area contributed by atoms with Crippen molar-refractivity contribution in [2.45, 2.75) is 23.5 Å². The van der Waals surface area contributed by atoms with Crippen molar-refractivity contribution in [2.24, 2.45) is 0 Å². The number of nitrogens with one attached hydrogen (secondary N) is 2. The summed E-state index contributed by atoms with van der Waals surface area (Å²) in [5, 5.41) is 3.00. The van der Waals surface area contributed by atoms with E-state index in [0.717, 1.165) is 11.4 Å². The van der Waals surface area contributed by atoms with Crippen molar-refractivity contribution < 1.29 is 12.8 Å². The van der Waals surface area contributed by atoms with Gasteiger partial charge in [-0.25, -0.2) is 0 Å². The zero-order chi connectivity index (χ0) is 15.3. The highest BCUT2D eigenvalue weighted by Crippen LogP contribution is 2.21. The maximum absolute atomic E-state index is 12.2. The predicted molar refractivity (Wildman–Crippen MR) is 85.1 cm³/mol. The van der Waals surface area contributed by atoms with Crippen LogP contribution in [0.1, 0.15) is 12.7 Å². The van der Waals surface area contributed by atoms with Gasteiger partial charge in [0.25, 0.3) is 10.0 Å². The summed E-state index contributed by atoms with van der Waals surface area (Å²) in [4.78, 5) is 1.07. The fourth-order valence-corrected chi connectivity index (χ4v) is 3.13. The third-order valence-electron chi connectivity index (χ3n) is 2.79. The SMILES string of the molecule is CCNCc1ccc(S(=O)(=O)Nc2ccc(SC)cc2)o1. The van der Waals surface area contributed by atoms with Crippen molar-refractivity contribution in [3.05, 3.63) is 42.2 Å². The topological polar surface area (TPSA) is 71.3 Å². The first-order valence-corrected chi connectivity index (χ1v) is 9.22. The van der Waals surface area contributed by atoms with Crippen LogP contribution in [0, 0.1) is 0 Å². The van der Waals surface area contributed by atoms with Crippen LogP contribution in [0.15, 0.2) is 50.8 Å². The molecule has 1 heterocycles. The molecule has 0 aliphatic rings. The van der Waals surface area contributed by atoms with Gasteiger partial charge in [0.15, 0.2) is 0 Å². The van der Waals surface area contributed by atoms with Crippen LogP contribution in [-0.2, 0) is 16.6 Å². The zero-order valence-corrected chi connectivity index (χ0v) is 13.6. The van der Waals surface area contributed by atoms with Crippen LogP contribution in [0.25, 0.3) is 0 Å². The maximum atomic E-state index is 12.2. The molecule has 1 aromatic heterocycles. The van der Waals surface area contributed by atoms with Crippen molar-refractivity contribution in [2.75, 3.05) is 17.5 Å². The van der Waals surface area contributed by atoms with Crippen LogP contribution in [-0.4, -0.2) is 21.2 Å². The molecule has 0 aliphatic heterocycles. The van der Waals surface area contributed by atoms with E-state index < -0.39 is 10.0 Å². The van der Waals surface area contributed by atoms with Crippen LogP contribution < -0.4 is 10.0 Å². The van der Waals surface area contributed by atoms with Gasteiger partial charge in [0.1, 0.15) is 5.76 Å². The van der Waals surface area contributed by atoms with E-state index >= 15 is 0 Å². The molecule has 2 N–H and O–H groups in total. The molecule has 0 aliphatic carbocycles. The van der Waals surface area contributed by atoms with Crippen LogP contribution >= 0.6 is 11.8 Å². The quantitative estimate of drug-likeness (QED) is 0.766. The Morgan fingerprint density at radius 1 is 1.14 bits per heavy atom. The minimum atomic E-state index is -3.69. The molecule has 2 aromatic rings. The molecular formula is C14H18N2O3S2. The van der Waals surface area contributed by atoms with Gasteiger partial charge in [0.05, 0.1) is 6.54 Å². The van der Waals surface area contributed by atoms with E-state index in [-0.39, 0.29) is 5.09 Å². The molecule has 5 nitrogen and oxygen atoms in total. The summed E-state index contributed by atoms with van der Waals surface area (Å²) in [6.07, 6.45) is 1.97. The second kappa shape index (κ2) is 7.02. The molecule has 0 saturated carbocycles. The standard InChI is InChI=1S/C14H18N2O3S2/c1-3-15-10-12-6-9-14(19-12)21(17,18)16-11-4-7-13(20-2)8-5-11/h4-9,15-16H,3,10H2,1-2H3. The van der Waals surface area contributed by atoms with Crippen LogP contribution in [0.4, 0.5) is 5.69 Å². The monoisotopic (exact) mass is 326 g/mol. The largest absolute Gasteiger partial charge is 0.446 e. The lowest BCUT2D eigenvalue weighted by atomic mass is 10.3. The van der Waals surface area contributed by atoms with Crippen molar-refractivity contribution in [1.82, 2.24) is 5.32 Å². The van der Waals surface area contributed by atoms with E-state index in [9.17, 15) is 8.42 Å². The Kier molecular flexibility index (Phi) is 5.33. The molecule has 0 unspecified atom stereocenters. The second-order valence-corrected chi connectivity index (χ2v) is 6.83. The number of anilines is 1. The Bertz CT molecular complexity index is 678.